The molecule has 0 spiro atoms. The molecule has 0 radical (unpaired) electrons. The van der Waals surface area contributed by atoms with Crippen LogP contribution in [-0.2, 0) is 16.0 Å². The Hall–Kier alpha value is -2.02. The van der Waals surface area contributed by atoms with E-state index in [4.69, 9.17) is 5.73 Å². The Morgan fingerprint density at radius 3 is 2.48 bits per heavy atom. The molecule has 2 atom stereocenters. The summed E-state index contributed by atoms with van der Waals surface area (Å²) in [5, 5.41) is 3.04. The molecule has 0 aromatic carbocycles. The summed E-state index contributed by atoms with van der Waals surface area (Å²) < 4.78 is 0. The molecule has 7 nitrogen and oxygen atoms in total. The molecular weight excluding hydrogens is 294 g/mol. The quantitative estimate of drug-likeness (QED) is 0.802. The monoisotopic (exact) mass is 319 g/mol. The lowest BCUT2D eigenvalue weighted by atomic mass is 9.90. The predicted molar refractivity (Wildman–Crippen MR) is 86.3 cm³/mol. The molecule has 0 saturated carbocycles. The van der Waals surface area contributed by atoms with E-state index in [0.717, 1.165) is 18.4 Å². The smallest absolute Gasteiger partial charge is 0.239 e. The molecule has 0 aliphatic carbocycles. The van der Waals surface area contributed by atoms with E-state index in [2.05, 4.69) is 15.3 Å². The summed E-state index contributed by atoms with van der Waals surface area (Å²) >= 11 is 0. The van der Waals surface area contributed by atoms with Gasteiger partial charge in [-0.05, 0) is 38.2 Å². The first-order chi connectivity index (χ1) is 11.0. The third kappa shape index (κ3) is 4.99. The zero-order valence-corrected chi connectivity index (χ0v) is 13.7. The third-order valence-corrected chi connectivity index (χ3v) is 4.32. The Kier molecular flexibility index (Phi) is 6.04. The Morgan fingerprint density at radius 1 is 1.30 bits per heavy atom. The van der Waals surface area contributed by atoms with Crippen LogP contribution in [0.5, 0.6) is 0 Å². The summed E-state index contributed by atoms with van der Waals surface area (Å²) in [7, 11) is 0. The van der Waals surface area contributed by atoms with Crippen LogP contribution in [0.2, 0.25) is 0 Å². The van der Waals surface area contributed by atoms with E-state index in [1.165, 1.54) is 6.33 Å². The lowest BCUT2D eigenvalue weighted by Crippen LogP contribution is -2.49. The molecule has 2 unspecified atom stereocenters. The van der Waals surface area contributed by atoms with Gasteiger partial charge in [0, 0.05) is 31.5 Å². The average molecular weight is 319 g/mol. The fourth-order valence-corrected chi connectivity index (χ4v) is 2.94. The summed E-state index contributed by atoms with van der Waals surface area (Å²) in [6.45, 7) is 5.15. The lowest BCUT2D eigenvalue weighted by molar-refractivity contribution is -0.134. The van der Waals surface area contributed by atoms with Crippen LogP contribution in [0.3, 0.4) is 0 Å². The maximum absolute atomic E-state index is 12.1. The molecule has 2 heterocycles. The maximum atomic E-state index is 12.1. The van der Waals surface area contributed by atoms with Crippen molar-refractivity contribution in [1.82, 2.24) is 20.2 Å². The molecular formula is C16H25N5O2. The van der Waals surface area contributed by atoms with Crippen LogP contribution >= 0.6 is 0 Å². The minimum Gasteiger partial charge on any atom is -0.353 e. The van der Waals surface area contributed by atoms with Gasteiger partial charge in [0.25, 0.3) is 0 Å². The zero-order valence-electron chi connectivity index (χ0n) is 13.7. The number of likely N-dealkylation sites (tertiary alicyclic amines) is 1. The number of amides is 2. The Morgan fingerprint density at radius 2 is 1.91 bits per heavy atom. The van der Waals surface area contributed by atoms with Crippen molar-refractivity contribution in [3.8, 4) is 0 Å². The molecule has 1 aromatic heterocycles. The first-order valence-corrected chi connectivity index (χ1v) is 8.05. The van der Waals surface area contributed by atoms with Gasteiger partial charge in [0.05, 0.1) is 12.5 Å². The molecule has 126 valence electrons. The summed E-state index contributed by atoms with van der Waals surface area (Å²) in [6, 6.07) is -0.364. The largest absolute Gasteiger partial charge is 0.353 e. The number of aromatic nitrogens is 2. The highest BCUT2D eigenvalue weighted by Crippen LogP contribution is 2.21. The number of nitrogens with one attached hydrogen (secondary N) is 1. The van der Waals surface area contributed by atoms with Gasteiger partial charge in [0.2, 0.25) is 11.8 Å². The number of rotatable bonds is 5. The van der Waals surface area contributed by atoms with E-state index in [0.29, 0.717) is 19.0 Å². The molecule has 3 N–H and O–H groups in total. The number of nitrogens with zero attached hydrogens (tertiary/aromatic N) is 3. The molecule has 1 fully saturated rings. The highest BCUT2D eigenvalue weighted by atomic mass is 16.2. The van der Waals surface area contributed by atoms with E-state index in [9.17, 15) is 9.59 Å². The van der Waals surface area contributed by atoms with Gasteiger partial charge >= 0.3 is 0 Å². The summed E-state index contributed by atoms with van der Waals surface area (Å²) in [4.78, 5) is 33.6. The van der Waals surface area contributed by atoms with Crippen molar-refractivity contribution in [3.05, 3.63) is 24.3 Å². The van der Waals surface area contributed by atoms with E-state index in [1.807, 2.05) is 11.8 Å². The number of piperidine rings is 1. The van der Waals surface area contributed by atoms with Crippen molar-refractivity contribution >= 4 is 11.8 Å². The van der Waals surface area contributed by atoms with Crippen LogP contribution in [0.1, 0.15) is 32.3 Å². The molecule has 1 aliphatic heterocycles. The van der Waals surface area contributed by atoms with Gasteiger partial charge in [-0.2, -0.15) is 0 Å². The molecule has 2 rings (SSSR count). The fourth-order valence-electron chi connectivity index (χ4n) is 2.94. The molecule has 1 aromatic rings. The van der Waals surface area contributed by atoms with Crippen LogP contribution in [0.4, 0.5) is 0 Å². The van der Waals surface area contributed by atoms with Crippen LogP contribution < -0.4 is 11.1 Å². The van der Waals surface area contributed by atoms with Crippen LogP contribution in [-0.4, -0.2) is 51.9 Å². The summed E-state index contributed by atoms with van der Waals surface area (Å²) in [6.07, 6.45) is 6.79. The molecule has 0 bridgehead atoms. The van der Waals surface area contributed by atoms with Gasteiger partial charge in [-0.25, -0.2) is 9.97 Å². The van der Waals surface area contributed by atoms with Crippen LogP contribution in [0, 0.1) is 5.92 Å². The highest BCUT2D eigenvalue weighted by molar-refractivity contribution is 5.81. The lowest BCUT2D eigenvalue weighted by Gasteiger charge is -2.35. The summed E-state index contributed by atoms with van der Waals surface area (Å²) in [5.74, 6) is 0.355. The topological polar surface area (TPSA) is 101 Å². The number of nitrogens with two attached hydrogens (primary N) is 1. The van der Waals surface area contributed by atoms with Gasteiger partial charge < -0.3 is 16.0 Å². The first-order valence-electron chi connectivity index (χ1n) is 8.05. The van der Waals surface area contributed by atoms with Crippen molar-refractivity contribution in [3.63, 3.8) is 0 Å². The standard InChI is InChI=1S/C16H25N5O2/c1-11(17)16(23)21-5-3-14(4-6-21)12(2)20-15(22)7-13-8-18-10-19-9-13/h8-12,14H,3-7,17H2,1-2H3,(H,20,22). The molecule has 1 saturated heterocycles. The van der Waals surface area contributed by atoms with Gasteiger partial charge in [0.1, 0.15) is 6.33 Å². The number of carbonyl (C=O) groups is 2. The van der Waals surface area contributed by atoms with Gasteiger partial charge in [0.15, 0.2) is 0 Å². The number of hydrogen-bond acceptors (Lipinski definition) is 5. The predicted octanol–water partition coefficient (Wildman–Crippen LogP) is 0.110. The Balaban J connectivity index is 1.77. The highest BCUT2D eigenvalue weighted by Gasteiger charge is 2.28. The van der Waals surface area contributed by atoms with E-state index >= 15 is 0 Å². The number of hydrogen-bond donors (Lipinski definition) is 2. The van der Waals surface area contributed by atoms with Crippen LogP contribution in [0.25, 0.3) is 0 Å². The molecule has 7 heteroatoms. The van der Waals surface area contributed by atoms with E-state index in [1.54, 1.807) is 19.3 Å². The Bertz CT molecular complexity index is 527. The molecule has 1 aliphatic rings. The molecule has 23 heavy (non-hydrogen) atoms. The molecule has 2 amide bonds. The van der Waals surface area contributed by atoms with Crippen molar-refractivity contribution in [1.29, 1.82) is 0 Å². The average Bonchev–Trinajstić information content (AvgIpc) is 2.55. The SMILES string of the molecule is CC(N)C(=O)N1CCC(C(C)NC(=O)Cc2cncnc2)CC1. The van der Waals surface area contributed by atoms with Crippen molar-refractivity contribution in [2.45, 2.75) is 45.2 Å². The second-order valence-electron chi connectivity index (χ2n) is 6.23. The zero-order chi connectivity index (χ0) is 16.8. The van der Waals surface area contributed by atoms with Crippen molar-refractivity contribution in [2.24, 2.45) is 11.7 Å². The Labute approximate surface area is 136 Å². The van der Waals surface area contributed by atoms with Crippen LogP contribution in [0.15, 0.2) is 18.7 Å². The van der Waals surface area contributed by atoms with Gasteiger partial charge in [-0.15, -0.1) is 0 Å². The van der Waals surface area contributed by atoms with E-state index < -0.39 is 6.04 Å². The first kappa shape index (κ1) is 17.3. The second kappa shape index (κ2) is 8.01. The van der Waals surface area contributed by atoms with E-state index in [-0.39, 0.29) is 24.3 Å². The normalized spacial score (nSPS) is 18.3. The van der Waals surface area contributed by atoms with Crippen molar-refractivity contribution in [2.75, 3.05) is 13.1 Å². The second-order valence-corrected chi connectivity index (χ2v) is 6.23. The van der Waals surface area contributed by atoms with Gasteiger partial charge in [-0.1, -0.05) is 0 Å². The summed E-state index contributed by atoms with van der Waals surface area (Å²) in [5.41, 5.74) is 6.44. The third-order valence-electron chi connectivity index (χ3n) is 4.32. The maximum Gasteiger partial charge on any atom is 0.239 e. The van der Waals surface area contributed by atoms with Crippen molar-refractivity contribution < 1.29 is 9.59 Å². The van der Waals surface area contributed by atoms with Gasteiger partial charge in [-0.3, -0.25) is 9.59 Å². The minimum absolute atomic E-state index is 0.00390. The number of carbonyl (C=O) groups excluding carboxylic acids is 2. The minimum atomic E-state index is -0.447. The fraction of sp³-hybridized carbons (Fsp3) is 0.625.